The van der Waals surface area contributed by atoms with Crippen LogP contribution in [0.15, 0.2) is 0 Å². The van der Waals surface area contributed by atoms with Crippen molar-refractivity contribution in [1.29, 1.82) is 0 Å². The first-order chi connectivity index (χ1) is 16.0. The zero-order valence-corrected chi connectivity index (χ0v) is 24.9. The van der Waals surface area contributed by atoms with Gasteiger partial charge in [-0.2, -0.15) is 0 Å². The highest BCUT2D eigenvalue weighted by molar-refractivity contribution is 7.41. The first-order valence-corrected chi connectivity index (χ1v) is 15.9. The van der Waals surface area contributed by atoms with Crippen LogP contribution in [0.25, 0.3) is 0 Å². The molecule has 0 radical (unpaired) electrons. The molecule has 3 fully saturated rings. The van der Waals surface area contributed by atoms with Crippen molar-refractivity contribution in [3.05, 3.63) is 0 Å². The van der Waals surface area contributed by atoms with Gasteiger partial charge in [0.15, 0.2) is 0 Å². The van der Waals surface area contributed by atoms with Crippen molar-refractivity contribution >= 4 is 8.60 Å². The van der Waals surface area contributed by atoms with Crippen LogP contribution >= 0.6 is 8.60 Å². The highest BCUT2D eigenvalue weighted by Gasteiger charge is 2.41. The third-order valence-electron chi connectivity index (χ3n) is 9.55. The van der Waals surface area contributed by atoms with Gasteiger partial charge in [-0.1, -0.05) is 81.6 Å². The number of hydrogen-bond acceptors (Lipinski definition) is 3. The molecule has 0 unspecified atom stereocenters. The average Bonchev–Trinajstić information content (AvgIpc) is 2.73. The fourth-order valence-electron chi connectivity index (χ4n) is 7.11. The Labute approximate surface area is 213 Å². The van der Waals surface area contributed by atoms with Gasteiger partial charge in [-0.3, -0.25) is 0 Å². The molecule has 3 aliphatic rings. The summed E-state index contributed by atoms with van der Waals surface area (Å²) in [4.78, 5) is 0. The molecule has 0 saturated heterocycles. The predicted octanol–water partition coefficient (Wildman–Crippen LogP) is 9.65. The molecule has 3 rings (SSSR count). The van der Waals surface area contributed by atoms with E-state index in [2.05, 4.69) is 62.3 Å². The smallest absolute Gasteiger partial charge is 0.309 e. The van der Waals surface area contributed by atoms with E-state index < -0.39 is 8.60 Å². The number of rotatable bonds is 9. The maximum absolute atomic E-state index is 6.99. The Balaban J connectivity index is 1.81. The molecule has 0 spiro atoms. The minimum atomic E-state index is -1.34. The second-order valence-electron chi connectivity index (χ2n) is 13.6. The van der Waals surface area contributed by atoms with Gasteiger partial charge < -0.3 is 13.6 Å². The summed E-state index contributed by atoms with van der Waals surface area (Å²) in [5.74, 6) is 5.97. The monoisotopic (exact) mass is 496 g/mol. The second-order valence-corrected chi connectivity index (χ2v) is 14.7. The maximum atomic E-state index is 6.99. The summed E-state index contributed by atoms with van der Waals surface area (Å²) in [5, 5.41) is 0. The van der Waals surface area contributed by atoms with Crippen molar-refractivity contribution in [3.63, 3.8) is 0 Å². The van der Waals surface area contributed by atoms with Crippen molar-refractivity contribution < 1.29 is 13.6 Å². The van der Waals surface area contributed by atoms with E-state index in [0.717, 1.165) is 37.0 Å². The molecule has 0 aliphatic heterocycles. The maximum Gasteiger partial charge on any atom is 0.333 e. The van der Waals surface area contributed by atoms with Gasteiger partial charge >= 0.3 is 8.60 Å². The molecule has 34 heavy (non-hydrogen) atoms. The molecule has 200 valence electrons. The van der Waals surface area contributed by atoms with E-state index in [1.54, 1.807) is 0 Å². The molecular weight excluding hydrogens is 439 g/mol. The normalized spacial score (nSPS) is 40.0. The highest BCUT2D eigenvalue weighted by Crippen LogP contribution is 2.54. The second kappa shape index (κ2) is 13.2. The van der Waals surface area contributed by atoms with Crippen LogP contribution in [0.3, 0.4) is 0 Å². The van der Waals surface area contributed by atoms with Gasteiger partial charge in [0.2, 0.25) is 0 Å². The molecular formula is C30H57O3P. The lowest BCUT2D eigenvalue weighted by Crippen LogP contribution is -2.38. The van der Waals surface area contributed by atoms with Crippen LogP contribution in [0.4, 0.5) is 0 Å². The van der Waals surface area contributed by atoms with Gasteiger partial charge in [0, 0.05) is 0 Å². The summed E-state index contributed by atoms with van der Waals surface area (Å²) in [6, 6.07) is 0. The molecule has 0 heterocycles. The van der Waals surface area contributed by atoms with E-state index in [4.69, 9.17) is 13.6 Å². The van der Waals surface area contributed by atoms with E-state index in [9.17, 15) is 0 Å². The number of hydrogen-bond donors (Lipinski definition) is 0. The molecule has 3 saturated carbocycles. The van der Waals surface area contributed by atoms with Crippen LogP contribution in [-0.4, -0.2) is 18.3 Å². The van der Waals surface area contributed by atoms with Gasteiger partial charge in [-0.15, -0.1) is 0 Å². The van der Waals surface area contributed by atoms with E-state index in [0.29, 0.717) is 35.5 Å². The highest BCUT2D eigenvalue weighted by atomic mass is 31.2. The lowest BCUT2D eigenvalue weighted by Gasteiger charge is -2.43. The largest absolute Gasteiger partial charge is 0.333 e. The van der Waals surface area contributed by atoms with Crippen LogP contribution < -0.4 is 0 Å². The Morgan fingerprint density at radius 2 is 0.735 bits per heavy atom. The zero-order chi connectivity index (χ0) is 25.0. The van der Waals surface area contributed by atoms with Crippen LogP contribution in [0.5, 0.6) is 0 Å². The fourth-order valence-corrected chi connectivity index (χ4v) is 8.65. The third kappa shape index (κ3) is 7.90. The minimum absolute atomic E-state index is 0.270. The summed E-state index contributed by atoms with van der Waals surface area (Å²) in [6.45, 7) is 21.4. The van der Waals surface area contributed by atoms with Crippen LogP contribution in [0.2, 0.25) is 0 Å². The summed E-state index contributed by atoms with van der Waals surface area (Å²) < 4.78 is 21.0. The van der Waals surface area contributed by atoms with Crippen LogP contribution in [-0.2, 0) is 13.6 Å². The lowest BCUT2D eigenvalue weighted by molar-refractivity contribution is -0.0377. The summed E-state index contributed by atoms with van der Waals surface area (Å²) in [5.41, 5.74) is 0. The first kappa shape index (κ1) is 28.9. The molecule has 0 aromatic rings. The average molecular weight is 497 g/mol. The molecule has 0 amide bonds. The SMILES string of the molecule is CC(C)[C@H]1CC[C@H](C)C[C@@H]1OP(O[C@H]1C[C@@H](C)CC[C@@H]1C(C)C)O[C@H]1C[C@@H](C)CC[C@@H]1C(C)C. The Morgan fingerprint density at radius 1 is 0.471 bits per heavy atom. The van der Waals surface area contributed by atoms with Crippen LogP contribution in [0.1, 0.15) is 120 Å². The van der Waals surface area contributed by atoms with Crippen LogP contribution in [0, 0.1) is 53.3 Å². The van der Waals surface area contributed by atoms with E-state index in [1.807, 2.05) is 0 Å². The Kier molecular flexibility index (Phi) is 11.2. The molecule has 4 heteroatoms. The van der Waals surface area contributed by atoms with Gasteiger partial charge in [0.1, 0.15) is 0 Å². The molecule has 0 aromatic heterocycles. The predicted molar refractivity (Wildman–Crippen MR) is 146 cm³/mol. The Bertz CT molecular complexity index is 513. The molecule has 9 atom stereocenters. The first-order valence-electron chi connectivity index (χ1n) is 14.8. The molecule has 0 N–H and O–H groups in total. The van der Waals surface area contributed by atoms with E-state index in [1.165, 1.54) is 38.5 Å². The Hall–Kier alpha value is 0.310. The Morgan fingerprint density at radius 3 is 0.971 bits per heavy atom. The van der Waals surface area contributed by atoms with Gasteiger partial charge in [0.05, 0.1) is 18.3 Å². The fraction of sp³-hybridized carbons (Fsp3) is 1.00. The van der Waals surface area contributed by atoms with Crippen molar-refractivity contribution in [2.75, 3.05) is 0 Å². The molecule has 3 nitrogen and oxygen atoms in total. The molecule has 0 aromatic carbocycles. The quantitative estimate of drug-likeness (QED) is 0.297. The van der Waals surface area contributed by atoms with E-state index in [-0.39, 0.29) is 18.3 Å². The van der Waals surface area contributed by atoms with Crippen molar-refractivity contribution in [2.45, 2.75) is 138 Å². The topological polar surface area (TPSA) is 27.7 Å². The lowest BCUT2D eigenvalue weighted by atomic mass is 9.75. The zero-order valence-electron chi connectivity index (χ0n) is 24.0. The third-order valence-corrected chi connectivity index (χ3v) is 10.9. The van der Waals surface area contributed by atoms with Gasteiger partial charge in [-0.05, 0) is 91.8 Å². The molecule has 3 aliphatic carbocycles. The standard InChI is InChI=1S/C30H57O3P/c1-19(2)25-13-10-22(7)16-28(25)31-34(32-29-17-23(8)11-14-26(29)20(3)4)33-30-18-24(9)12-15-27(30)21(5)6/h19-30H,10-18H2,1-9H3/t22-,23-,24-,25+,26+,27+,28-,29-,30-/m0/s1. The summed E-state index contributed by atoms with van der Waals surface area (Å²) in [6.07, 6.45) is 12.1. The summed E-state index contributed by atoms with van der Waals surface area (Å²) >= 11 is 0. The van der Waals surface area contributed by atoms with Crippen molar-refractivity contribution in [3.8, 4) is 0 Å². The van der Waals surface area contributed by atoms with Crippen molar-refractivity contribution in [1.82, 2.24) is 0 Å². The van der Waals surface area contributed by atoms with E-state index >= 15 is 0 Å². The molecule has 0 bridgehead atoms. The van der Waals surface area contributed by atoms with Gasteiger partial charge in [0.25, 0.3) is 0 Å². The summed E-state index contributed by atoms with van der Waals surface area (Å²) in [7, 11) is -1.34. The minimum Gasteiger partial charge on any atom is -0.309 e. The van der Waals surface area contributed by atoms with Gasteiger partial charge in [-0.25, -0.2) is 0 Å². The van der Waals surface area contributed by atoms with Crippen molar-refractivity contribution in [2.24, 2.45) is 53.3 Å².